The number of hydrogen-bond acceptors (Lipinski definition) is 4. The molecular formula is C20H32O4. The van der Waals surface area contributed by atoms with Gasteiger partial charge in [0.05, 0.1) is 6.10 Å². The summed E-state index contributed by atoms with van der Waals surface area (Å²) in [7, 11) is 0. The Kier molecular flexibility index (Phi) is 5.92. The Morgan fingerprint density at radius 3 is 2.71 bits per heavy atom. The van der Waals surface area contributed by atoms with Gasteiger partial charge in [-0.05, 0) is 52.4 Å². The molecule has 0 radical (unpaired) electrons. The van der Waals surface area contributed by atoms with Crippen LogP contribution in [-0.4, -0.2) is 35.0 Å². The zero-order valence-corrected chi connectivity index (χ0v) is 15.8. The molecular weight excluding hydrogens is 304 g/mol. The third-order valence-corrected chi connectivity index (χ3v) is 5.35. The fraction of sp³-hybridized carbons (Fsp3) is 0.750. The van der Waals surface area contributed by atoms with Crippen LogP contribution in [0, 0.1) is 11.8 Å². The number of aliphatic hydroxyl groups is 1. The van der Waals surface area contributed by atoms with Crippen LogP contribution in [0.4, 0.5) is 0 Å². The molecule has 0 amide bonds. The van der Waals surface area contributed by atoms with Crippen molar-refractivity contribution in [3.63, 3.8) is 0 Å². The molecule has 4 nitrogen and oxygen atoms in total. The Balaban J connectivity index is 2.23. The molecule has 1 saturated heterocycles. The Labute approximate surface area is 145 Å². The molecule has 1 fully saturated rings. The molecule has 1 aliphatic heterocycles. The number of aliphatic hydroxyl groups excluding tert-OH is 1. The number of hydrogen-bond donors (Lipinski definition) is 1. The molecule has 2 aliphatic rings. The zero-order chi connectivity index (χ0) is 18.1. The number of fused-ring (bicyclic) bond motifs is 1. The zero-order valence-electron chi connectivity index (χ0n) is 15.8. The summed E-state index contributed by atoms with van der Waals surface area (Å²) in [6.07, 6.45) is 5.04. The van der Waals surface area contributed by atoms with Crippen molar-refractivity contribution in [2.75, 3.05) is 0 Å². The predicted octanol–water partition coefficient (Wildman–Crippen LogP) is 3.79. The van der Waals surface area contributed by atoms with Gasteiger partial charge in [0.2, 0.25) is 0 Å². The Morgan fingerprint density at radius 2 is 2.12 bits per heavy atom. The molecule has 0 saturated carbocycles. The van der Waals surface area contributed by atoms with Crippen molar-refractivity contribution in [3.05, 3.63) is 23.3 Å². The maximum atomic E-state index is 12.1. The van der Waals surface area contributed by atoms with Gasteiger partial charge in [0.1, 0.15) is 17.8 Å². The summed E-state index contributed by atoms with van der Waals surface area (Å²) in [5, 5.41) is 10.8. The number of epoxide rings is 1. The van der Waals surface area contributed by atoms with Crippen LogP contribution in [0.25, 0.3) is 0 Å². The quantitative estimate of drug-likeness (QED) is 0.369. The van der Waals surface area contributed by atoms with Crippen molar-refractivity contribution >= 4 is 5.97 Å². The molecule has 0 spiro atoms. The van der Waals surface area contributed by atoms with E-state index in [1.165, 1.54) is 11.6 Å². The van der Waals surface area contributed by atoms with E-state index in [1.807, 2.05) is 20.8 Å². The molecule has 0 aromatic heterocycles. The predicted molar refractivity (Wildman–Crippen MR) is 94.5 cm³/mol. The minimum Gasteiger partial charge on any atom is -0.456 e. The second kappa shape index (κ2) is 7.40. The number of carbonyl (C=O) groups is 1. The fourth-order valence-corrected chi connectivity index (χ4v) is 3.64. The highest BCUT2D eigenvalue weighted by Gasteiger charge is 2.63. The number of ether oxygens (including phenoxy) is 2. The van der Waals surface area contributed by atoms with Gasteiger partial charge in [-0.25, -0.2) is 4.79 Å². The second-order valence-corrected chi connectivity index (χ2v) is 8.09. The summed E-state index contributed by atoms with van der Waals surface area (Å²) in [6.45, 7) is 12.1. The molecule has 0 bridgehead atoms. The van der Waals surface area contributed by atoms with Gasteiger partial charge >= 0.3 is 5.97 Å². The molecule has 0 aromatic carbocycles. The lowest BCUT2D eigenvalue weighted by Crippen LogP contribution is -2.40. The van der Waals surface area contributed by atoms with Crippen molar-refractivity contribution < 1.29 is 19.4 Å². The SMILES string of the molecule is CC(C)=CC(=O)OC1CC=C(C)CCC(C(C)C)C(O)C2OC12C. The third kappa shape index (κ3) is 4.28. The van der Waals surface area contributed by atoms with E-state index >= 15 is 0 Å². The van der Waals surface area contributed by atoms with Crippen molar-refractivity contribution in [2.24, 2.45) is 11.8 Å². The molecule has 4 heteroatoms. The Bertz CT molecular complexity index is 530. The van der Waals surface area contributed by atoms with Crippen molar-refractivity contribution in [3.8, 4) is 0 Å². The molecule has 5 atom stereocenters. The fourth-order valence-electron chi connectivity index (χ4n) is 3.64. The first kappa shape index (κ1) is 19.2. The molecule has 2 rings (SSSR count). The summed E-state index contributed by atoms with van der Waals surface area (Å²) in [4.78, 5) is 12.1. The monoisotopic (exact) mass is 336 g/mol. The third-order valence-electron chi connectivity index (χ3n) is 5.35. The van der Waals surface area contributed by atoms with Gasteiger partial charge in [-0.2, -0.15) is 0 Å². The maximum Gasteiger partial charge on any atom is 0.331 e. The van der Waals surface area contributed by atoms with E-state index in [4.69, 9.17) is 9.47 Å². The number of esters is 1. The van der Waals surface area contributed by atoms with Crippen LogP contribution in [0.1, 0.15) is 60.8 Å². The van der Waals surface area contributed by atoms with E-state index in [0.717, 1.165) is 18.4 Å². The summed E-state index contributed by atoms with van der Waals surface area (Å²) >= 11 is 0. The highest BCUT2D eigenvalue weighted by Crippen LogP contribution is 2.47. The number of rotatable bonds is 3. The van der Waals surface area contributed by atoms with Gasteiger partial charge in [0, 0.05) is 12.5 Å². The van der Waals surface area contributed by atoms with E-state index in [2.05, 4.69) is 26.8 Å². The summed E-state index contributed by atoms with van der Waals surface area (Å²) in [5.74, 6) is 0.230. The lowest BCUT2D eigenvalue weighted by Gasteiger charge is -2.29. The van der Waals surface area contributed by atoms with Crippen LogP contribution in [0.15, 0.2) is 23.3 Å². The van der Waals surface area contributed by atoms with Gasteiger partial charge in [0.25, 0.3) is 0 Å². The first-order valence-corrected chi connectivity index (χ1v) is 9.02. The van der Waals surface area contributed by atoms with Crippen molar-refractivity contribution in [1.29, 1.82) is 0 Å². The summed E-state index contributed by atoms with van der Waals surface area (Å²) in [5.41, 5.74) is 1.58. The maximum absolute atomic E-state index is 12.1. The van der Waals surface area contributed by atoms with Crippen molar-refractivity contribution in [2.45, 2.75) is 84.7 Å². The largest absolute Gasteiger partial charge is 0.456 e. The topological polar surface area (TPSA) is 59.1 Å². The normalized spacial score (nSPS) is 36.4. The van der Waals surface area contributed by atoms with Crippen LogP contribution >= 0.6 is 0 Å². The van der Waals surface area contributed by atoms with Gasteiger partial charge in [-0.3, -0.25) is 0 Å². The lowest BCUT2D eigenvalue weighted by molar-refractivity contribution is -0.146. The molecule has 24 heavy (non-hydrogen) atoms. The lowest BCUT2D eigenvalue weighted by atomic mass is 9.79. The minimum absolute atomic E-state index is 0.187. The molecule has 0 aromatic rings. The van der Waals surface area contributed by atoms with Gasteiger partial charge in [-0.1, -0.05) is 31.1 Å². The highest BCUT2D eigenvalue weighted by atomic mass is 16.7. The molecule has 136 valence electrons. The number of allylic oxidation sites excluding steroid dienone is 2. The molecule has 1 N–H and O–H groups in total. The number of carbonyl (C=O) groups excluding carboxylic acids is 1. The summed E-state index contributed by atoms with van der Waals surface area (Å²) in [6, 6.07) is 0. The minimum atomic E-state index is -0.605. The smallest absolute Gasteiger partial charge is 0.331 e. The van der Waals surface area contributed by atoms with E-state index in [1.54, 1.807) is 0 Å². The molecule has 1 heterocycles. The van der Waals surface area contributed by atoms with E-state index in [9.17, 15) is 9.90 Å². The first-order valence-electron chi connectivity index (χ1n) is 9.02. The van der Waals surface area contributed by atoms with Crippen molar-refractivity contribution in [1.82, 2.24) is 0 Å². The standard InChI is InChI=1S/C20H32O4/c1-12(2)11-17(21)23-16-10-8-14(5)7-9-15(13(3)4)18(22)19-20(16,6)24-19/h8,11,13,15-16,18-19,22H,7,9-10H2,1-6H3. The van der Waals surface area contributed by atoms with E-state index < -0.39 is 11.7 Å². The van der Waals surface area contributed by atoms with E-state index in [-0.39, 0.29) is 24.1 Å². The molecule has 1 aliphatic carbocycles. The van der Waals surface area contributed by atoms with Crippen LogP contribution in [0.3, 0.4) is 0 Å². The van der Waals surface area contributed by atoms with Gasteiger partial charge in [0.15, 0.2) is 0 Å². The van der Waals surface area contributed by atoms with Crippen LogP contribution in [0.5, 0.6) is 0 Å². The second-order valence-electron chi connectivity index (χ2n) is 8.09. The first-order chi connectivity index (χ1) is 11.1. The molecule has 5 unspecified atom stereocenters. The van der Waals surface area contributed by atoms with Crippen LogP contribution < -0.4 is 0 Å². The van der Waals surface area contributed by atoms with Gasteiger partial charge < -0.3 is 14.6 Å². The highest BCUT2D eigenvalue weighted by molar-refractivity contribution is 5.82. The van der Waals surface area contributed by atoms with Crippen LogP contribution in [-0.2, 0) is 14.3 Å². The summed E-state index contributed by atoms with van der Waals surface area (Å²) < 4.78 is 11.6. The average molecular weight is 336 g/mol. The van der Waals surface area contributed by atoms with Crippen LogP contribution in [0.2, 0.25) is 0 Å². The van der Waals surface area contributed by atoms with Gasteiger partial charge in [-0.15, -0.1) is 0 Å². The average Bonchev–Trinajstić information content (AvgIpc) is 3.14. The Morgan fingerprint density at radius 1 is 1.46 bits per heavy atom. The Hall–Kier alpha value is -1.13. The van der Waals surface area contributed by atoms with E-state index in [0.29, 0.717) is 12.3 Å².